The van der Waals surface area contributed by atoms with Crippen LogP contribution in [0.15, 0.2) is 12.2 Å². The molecule has 1 heterocycles. The molecule has 6 fully saturated rings. The Morgan fingerprint density at radius 1 is 1.28 bits per heavy atom. The van der Waals surface area contributed by atoms with E-state index in [-0.39, 0.29) is 22.7 Å². The third-order valence-corrected chi connectivity index (χ3v) is 10.1. The summed E-state index contributed by atoms with van der Waals surface area (Å²) in [7, 11) is 0. The van der Waals surface area contributed by atoms with Crippen LogP contribution in [-0.2, 0) is 4.79 Å². The van der Waals surface area contributed by atoms with Gasteiger partial charge < -0.3 is 5.11 Å². The van der Waals surface area contributed by atoms with Crippen molar-refractivity contribution in [3.05, 3.63) is 12.2 Å². The van der Waals surface area contributed by atoms with Crippen molar-refractivity contribution < 1.29 is 9.90 Å². The molecule has 6 aliphatic rings. The summed E-state index contributed by atoms with van der Waals surface area (Å²) in [6.07, 6.45) is 6.03. The fraction of sp³-hybridized carbons (Fsp3) is 0.864. The van der Waals surface area contributed by atoms with E-state index in [1.54, 1.807) is 0 Å². The maximum Gasteiger partial charge on any atom is 0.141 e. The number of fused-ring (bicyclic) bond motifs is 2. The second-order valence-electron chi connectivity index (χ2n) is 10.5. The Morgan fingerprint density at radius 3 is 2.84 bits per heavy atom. The first kappa shape index (κ1) is 15.4. The standard InChI is InChI=1S/C22H31NO2/c1-4-23-11-20(3)7-6-17(24)22-14-9-13-5-8-21(25,18(14)12(13)2)15(19(22)23)10-16(20)22/h13-16,18-19,25H,2,4-11H2,1,3H3/t13-,14+,15-,16+,18-,19+,20-,21-,22+/m0/s1. The summed E-state index contributed by atoms with van der Waals surface area (Å²) in [4.78, 5) is 16.3. The van der Waals surface area contributed by atoms with E-state index in [1.165, 1.54) is 5.57 Å². The van der Waals surface area contributed by atoms with Crippen LogP contribution >= 0.6 is 0 Å². The molecule has 1 aliphatic heterocycles. The van der Waals surface area contributed by atoms with Crippen LogP contribution in [0.3, 0.4) is 0 Å². The number of piperidine rings is 1. The molecule has 1 spiro atoms. The minimum atomic E-state index is -0.596. The van der Waals surface area contributed by atoms with Gasteiger partial charge in [-0.15, -0.1) is 0 Å². The highest BCUT2D eigenvalue weighted by molar-refractivity contribution is 5.89. The zero-order chi connectivity index (χ0) is 17.4. The molecule has 9 atom stereocenters. The number of likely N-dealkylation sites (tertiary alicyclic amines) is 1. The van der Waals surface area contributed by atoms with Crippen molar-refractivity contribution in [3.8, 4) is 0 Å². The van der Waals surface area contributed by atoms with Gasteiger partial charge in [-0.05, 0) is 61.8 Å². The molecule has 0 amide bonds. The van der Waals surface area contributed by atoms with Gasteiger partial charge in [0.05, 0.1) is 11.0 Å². The van der Waals surface area contributed by atoms with E-state index < -0.39 is 5.60 Å². The fourth-order valence-corrected chi connectivity index (χ4v) is 9.43. The molecular weight excluding hydrogens is 310 g/mol. The number of nitrogens with zero attached hydrogens (tertiary/aromatic N) is 1. The molecule has 0 unspecified atom stereocenters. The number of rotatable bonds is 1. The summed E-state index contributed by atoms with van der Waals surface area (Å²) < 4.78 is 0. The van der Waals surface area contributed by atoms with Gasteiger partial charge in [-0.25, -0.2) is 0 Å². The van der Waals surface area contributed by atoms with Gasteiger partial charge in [0.25, 0.3) is 0 Å². The van der Waals surface area contributed by atoms with Crippen LogP contribution < -0.4 is 0 Å². The lowest BCUT2D eigenvalue weighted by molar-refractivity contribution is -0.206. The summed E-state index contributed by atoms with van der Waals surface area (Å²) in [5, 5.41) is 12.0. The van der Waals surface area contributed by atoms with Crippen molar-refractivity contribution in [2.45, 2.75) is 64.0 Å². The Kier molecular flexibility index (Phi) is 2.62. The fourth-order valence-electron chi connectivity index (χ4n) is 9.43. The van der Waals surface area contributed by atoms with Gasteiger partial charge in [0.15, 0.2) is 0 Å². The Hall–Kier alpha value is -0.670. The van der Waals surface area contributed by atoms with Gasteiger partial charge >= 0.3 is 0 Å². The SMILES string of the molecule is C=C1[C@H]2CC[C@]3(O)[C@H]4C[C@@H]5[C@@]6(C)CCC(=O)[C@]5([C@H](C2)[C@H]13)[C@@H]4N(CC)C6. The lowest BCUT2D eigenvalue weighted by Gasteiger charge is -2.66. The highest BCUT2D eigenvalue weighted by Crippen LogP contribution is 2.78. The maximum atomic E-state index is 13.7. The second kappa shape index (κ2) is 4.25. The Bertz CT molecular complexity index is 702. The predicted molar refractivity (Wildman–Crippen MR) is 95.8 cm³/mol. The number of hydrogen-bond donors (Lipinski definition) is 1. The summed E-state index contributed by atoms with van der Waals surface area (Å²) in [5.74, 6) is 2.42. The van der Waals surface area contributed by atoms with E-state index in [0.717, 1.165) is 51.6 Å². The van der Waals surface area contributed by atoms with E-state index in [9.17, 15) is 9.90 Å². The molecule has 136 valence electrons. The normalized spacial score (nSPS) is 61.7. The molecule has 7 bridgehead atoms. The first-order chi connectivity index (χ1) is 11.9. The van der Waals surface area contributed by atoms with Crippen LogP contribution in [0, 0.1) is 40.4 Å². The summed E-state index contributed by atoms with van der Waals surface area (Å²) in [6.45, 7) is 11.3. The second-order valence-corrected chi connectivity index (χ2v) is 10.5. The lowest BCUT2D eigenvalue weighted by Crippen LogP contribution is -2.73. The van der Waals surface area contributed by atoms with Crippen LogP contribution in [0.1, 0.15) is 52.4 Å². The lowest BCUT2D eigenvalue weighted by atomic mass is 9.44. The van der Waals surface area contributed by atoms with Crippen molar-refractivity contribution >= 4 is 5.78 Å². The highest BCUT2D eigenvalue weighted by atomic mass is 16.3. The zero-order valence-electron chi connectivity index (χ0n) is 15.6. The molecule has 3 heteroatoms. The molecular formula is C22H31NO2. The monoisotopic (exact) mass is 341 g/mol. The Labute approximate surface area is 150 Å². The molecule has 0 radical (unpaired) electrons. The maximum absolute atomic E-state index is 13.7. The third kappa shape index (κ3) is 1.36. The summed E-state index contributed by atoms with van der Waals surface area (Å²) in [6, 6.07) is 0.291. The molecule has 1 saturated heterocycles. The van der Waals surface area contributed by atoms with Crippen molar-refractivity contribution in [1.82, 2.24) is 4.90 Å². The smallest absolute Gasteiger partial charge is 0.141 e. The van der Waals surface area contributed by atoms with Crippen LogP contribution in [0.5, 0.6) is 0 Å². The number of ketones is 1. The number of carbonyl (C=O) groups is 1. The van der Waals surface area contributed by atoms with Gasteiger partial charge in [-0.2, -0.15) is 0 Å². The van der Waals surface area contributed by atoms with Crippen LogP contribution in [0.25, 0.3) is 0 Å². The average Bonchev–Trinajstić information content (AvgIpc) is 3.00. The van der Waals surface area contributed by atoms with Gasteiger partial charge in [0, 0.05) is 30.8 Å². The average molecular weight is 341 g/mol. The molecule has 6 rings (SSSR count). The minimum absolute atomic E-state index is 0.176. The topological polar surface area (TPSA) is 40.5 Å². The van der Waals surface area contributed by atoms with E-state index >= 15 is 0 Å². The molecule has 3 nitrogen and oxygen atoms in total. The van der Waals surface area contributed by atoms with Gasteiger partial charge in [-0.1, -0.05) is 26.0 Å². The molecule has 0 aromatic heterocycles. The van der Waals surface area contributed by atoms with Crippen molar-refractivity contribution in [2.75, 3.05) is 13.1 Å². The number of hydrogen-bond acceptors (Lipinski definition) is 3. The predicted octanol–water partition coefficient (Wildman–Crippen LogP) is 3.03. The Balaban J connectivity index is 1.64. The van der Waals surface area contributed by atoms with Gasteiger partial charge in [0.2, 0.25) is 0 Å². The summed E-state index contributed by atoms with van der Waals surface area (Å²) in [5.41, 5.74) is 0.779. The van der Waals surface area contributed by atoms with E-state index in [1.807, 2.05) is 0 Å². The molecule has 1 N–H and O–H groups in total. The number of aliphatic hydroxyl groups is 1. The zero-order valence-corrected chi connectivity index (χ0v) is 15.6. The Morgan fingerprint density at radius 2 is 2.08 bits per heavy atom. The van der Waals surface area contributed by atoms with Crippen molar-refractivity contribution in [1.29, 1.82) is 0 Å². The first-order valence-electron chi connectivity index (χ1n) is 10.6. The third-order valence-electron chi connectivity index (χ3n) is 10.1. The minimum Gasteiger partial charge on any atom is -0.389 e. The van der Waals surface area contributed by atoms with Gasteiger partial charge in [0.1, 0.15) is 5.78 Å². The molecule has 5 aliphatic carbocycles. The van der Waals surface area contributed by atoms with Crippen molar-refractivity contribution in [3.63, 3.8) is 0 Å². The summed E-state index contributed by atoms with van der Waals surface area (Å²) >= 11 is 0. The largest absolute Gasteiger partial charge is 0.389 e. The van der Waals surface area contributed by atoms with Crippen LogP contribution in [0.4, 0.5) is 0 Å². The quantitative estimate of drug-likeness (QED) is 0.745. The van der Waals surface area contributed by atoms with E-state index in [4.69, 9.17) is 0 Å². The van der Waals surface area contributed by atoms with E-state index in [0.29, 0.717) is 29.6 Å². The first-order valence-corrected chi connectivity index (χ1v) is 10.6. The molecule has 25 heavy (non-hydrogen) atoms. The van der Waals surface area contributed by atoms with Crippen molar-refractivity contribution in [2.24, 2.45) is 40.4 Å². The van der Waals surface area contributed by atoms with E-state index in [2.05, 4.69) is 25.3 Å². The van der Waals surface area contributed by atoms with Gasteiger partial charge in [-0.3, -0.25) is 9.69 Å². The molecule has 0 aromatic carbocycles. The van der Waals surface area contributed by atoms with Crippen LogP contribution in [0.2, 0.25) is 0 Å². The highest BCUT2D eigenvalue weighted by Gasteiger charge is 2.81. The number of carbonyl (C=O) groups excluding carboxylic acids is 1. The van der Waals surface area contributed by atoms with Crippen LogP contribution in [-0.4, -0.2) is 40.5 Å². The molecule has 5 saturated carbocycles. The number of Topliss-reactive ketones (excluding diaryl/α,β-unsaturated/α-hetero) is 1. The molecule has 0 aromatic rings.